The highest BCUT2D eigenvalue weighted by Crippen LogP contribution is 2.17. The summed E-state index contributed by atoms with van der Waals surface area (Å²) in [5, 5.41) is 4.49. The van der Waals surface area contributed by atoms with Crippen LogP contribution >= 0.6 is 0 Å². The largest absolute Gasteiger partial charge is 0.325 e. The molecule has 0 saturated carbocycles. The van der Waals surface area contributed by atoms with Crippen molar-refractivity contribution in [3.05, 3.63) is 83.7 Å². The molecular formula is C17H17N3. The molecule has 3 nitrogen and oxygen atoms in total. The number of nitrogens with two attached hydrogens (primary N) is 1. The number of hydrogen-bond donors (Lipinski definition) is 1. The highest BCUT2D eigenvalue weighted by atomic mass is 15.3. The van der Waals surface area contributed by atoms with E-state index in [4.69, 9.17) is 5.73 Å². The maximum atomic E-state index is 5.93. The molecule has 2 aromatic carbocycles. The second-order valence-electron chi connectivity index (χ2n) is 4.73. The Bertz CT molecular complexity index is 672. The van der Waals surface area contributed by atoms with Gasteiger partial charge in [-0.15, -0.1) is 0 Å². The number of aromatic nitrogens is 2. The van der Waals surface area contributed by atoms with Gasteiger partial charge < -0.3 is 5.73 Å². The van der Waals surface area contributed by atoms with Gasteiger partial charge in [-0.3, -0.25) is 0 Å². The second kappa shape index (κ2) is 5.72. The summed E-state index contributed by atoms with van der Waals surface area (Å²) in [4.78, 5) is 0. The third-order valence-corrected chi connectivity index (χ3v) is 3.39. The van der Waals surface area contributed by atoms with Crippen molar-refractivity contribution in [3.8, 4) is 5.69 Å². The summed E-state index contributed by atoms with van der Waals surface area (Å²) >= 11 is 0. The second-order valence-corrected chi connectivity index (χ2v) is 4.73. The van der Waals surface area contributed by atoms with Gasteiger partial charge in [0.1, 0.15) is 0 Å². The van der Waals surface area contributed by atoms with E-state index < -0.39 is 0 Å². The lowest BCUT2D eigenvalue weighted by Crippen LogP contribution is -2.09. The van der Waals surface area contributed by atoms with Gasteiger partial charge in [0, 0.05) is 13.0 Å². The van der Waals surface area contributed by atoms with Gasteiger partial charge in [-0.2, -0.15) is 5.10 Å². The predicted molar refractivity (Wildman–Crippen MR) is 80.7 cm³/mol. The average molecular weight is 263 g/mol. The number of rotatable bonds is 4. The molecule has 1 heterocycles. The van der Waals surface area contributed by atoms with Crippen LogP contribution in [0.25, 0.3) is 5.69 Å². The minimum Gasteiger partial charge on any atom is -0.325 e. The van der Waals surface area contributed by atoms with Gasteiger partial charge in [0.2, 0.25) is 0 Å². The van der Waals surface area contributed by atoms with E-state index in [1.165, 1.54) is 11.1 Å². The molecule has 1 aromatic heterocycles. The van der Waals surface area contributed by atoms with Crippen LogP contribution in [0.3, 0.4) is 0 Å². The van der Waals surface area contributed by atoms with Crippen LogP contribution in [-0.4, -0.2) is 9.78 Å². The predicted octanol–water partition coefficient (Wildman–Crippen LogP) is 2.92. The molecule has 0 aliphatic rings. The van der Waals surface area contributed by atoms with Crippen LogP contribution in [0.4, 0.5) is 0 Å². The topological polar surface area (TPSA) is 43.8 Å². The average Bonchev–Trinajstić information content (AvgIpc) is 2.92. The van der Waals surface area contributed by atoms with E-state index in [1.807, 2.05) is 47.3 Å². The normalized spacial score (nSPS) is 10.7. The Morgan fingerprint density at radius 1 is 0.900 bits per heavy atom. The van der Waals surface area contributed by atoms with E-state index in [-0.39, 0.29) is 0 Å². The van der Waals surface area contributed by atoms with Gasteiger partial charge in [-0.25, -0.2) is 4.68 Å². The molecule has 0 radical (unpaired) electrons. The Hall–Kier alpha value is -2.39. The number of para-hydroxylation sites is 1. The molecule has 2 N–H and O–H groups in total. The van der Waals surface area contributed by atoms with Gasteiger partial charge in [0.15, 0.2) is 0 Å². The zero-order chi connectivity index (χ0) is 13.8. The molecule has 0 bridgehead atoms. The third kappa shape index (κ3) is 2.49. The zero-order valence-corrected chi connectivity index (χ0v) is 11.2. The molecular weight excluding hydrogens is 246 g/mol. The summed E-state index contributed by atoms with van der Waals surface area (Å²) in [6, 6.07) is 20.5. The lowest BCUT2D eigenvalue weighted by atomic mass is 10.1. The smallest absolute Gasteiger partial charge is 0.0649 e. The molecule has 0 amide bonds. The van der Waals surface area contributed by atoms with Gasteiger partial charge >= 0.3 is 0 Å². The summed E-state index contributed by atoms with van der Waals surface area (Å²) < 4.78 is 1.93. The molecule has 0 spiro atoms. The van der Waals surface area contributed by atoms with Crippen LogP contribution < -0.4 is 5.73 Å². The van der Waals surface area contributed by atoms with Crippen molar-refractivity contribution in [2.45, 2.75) is 13.0 Å². The van der Waals surface area contributed by atoms with E-state index in [9.17, 15) is 0 Å². The maximum Gasteiger partial charge on any atom is 0.0649 e. The summed E-state index contributed by atoms with van der Waals surface area (Å²) in [5.74, 6) is 0. The van der Waals surface area contributed by atoms with Crippen LogP contribution in [0, 0.1) is 0 Å². The first-order valence-corrected chi connectivity index (χ1v) is 6.73. The zero-order valence-electron chi connectivity index (χ0n) is 11.2. The van der Waals surface area contributed by atoms with E-state index in [1.54, 1.807) is 0 Å². The van der Waals surface area contributed by atoms with Gasteiger partial charge in [0.25, 0.3) is 0 Å². The monoisotopic (exact) mass is 263 g/mol. The van der Waals surface area contributed by atoms with E-state index in [0.29, 0.717) is 6.54 Å². The van der Waals surface area contributed by atoms with Crippen LogP contribution in [-0.2, 0) is 13.0 Å². The first kappa shape index (κ1) is 12.6. The summed E-state index contributed by atoms with van der Waals surface area (Å²) in [7, 11) is 0. The molecule has 0 aliphatic heterocycles. The Balaban J connectivity index is 1.96. The fraction of sp³-hybridized carbons (Fsp3) is 0.118. The van der Waals surface area contributed by atoms with E-state index in [2.05, 4.69) is 29.4 Å². The maximum absolute atomic E-state index is 5.93. The van der Waals surface area contributed by atoms with Crippen LogP contribution in [0.15, 0.2) is 66.9 Å². The van der Waals surface area contributed by atoms with Crippen LogP contribution in [0.5, 0.6) is 0 Å². The minimum absolute atomic E-state index is 0.483. The van der Waals surface area contributed by atoms with Crippen molar-refractivity contribution >= 4 is 0 Å². The highest BCUT2D eigenvalue weighted by Gasteiger charge is 2.11. The van der Waals surface area contributed by atoms with Crippen LogP contribution in [0.1, 0.15) is 16.8 Å². The van der Waals surface area contributed by atoms with Crippen molar-refractivity contribution in [3.63, 3.8) is 0 Å². The van der Waals surface area contributed by atoms with E-state index in [0.717, 1.165) is 17.8 Å². The molecule has 0 saturated heterocycles. The Labute approximate surface area is 118 Å². The van der Waals surface area contributed by atoms with Crippen molar-refractivity contribution in [2.75, 3.05) is 0 Å². The molecule has 3 rings (SSSR count). The van der Waals surface area contributed by atoms with Gasteiger partial charge in [0.05, 0.1) is 17.6 Å². The Morgan fingerprint density at radius 2 is 1.55 bits per heavy atom. The molecule has 0 aliphatic carbocycles. The SMILES string of the molecule is NCc1c(Cc2ccccc2)cnn1-c1ccccc1. The summed E-state index contributed by atoms with van der Waals surface area (Å²) in [6.07, 6.45) is 2.78. The first-order chi connectivity index (χ1) is 9.88. The molecule has 0 atom stereocenters. The molecule has 0 fully saturated rings. The fourth-order valence-corrected chi connectivity index (χ4v) is 2.38. The summed E-state index contributed by atoms with van der Waals surface area (Å²) in [5.41, 5.74) is 10.5. The van der Waals surface area contributed by atoms with Crippen molar-refractivity contribution in [1.29, 1.82) is 0 Å². The molecule has 20 heavy (non-hydrogen) atoms. The lowest BCUT2D eigenvalue weighted by molar-refractivity contribution is 0.799. The minimum atomic E-state index is 0.483. The van der Waals surface area contributed by atoms with Crippen LogP contribution in [0.2, 0.25) is 0 Å². The van der Waals surface area contributed by atoms with Crippen molar-refractivity contribution in [2.24, 2.45) is 5.73 Å². The number of hydrogen-bond acceptors (Lipinski definition) is 2. The third-order valence-electron chi connectivity index (χ3n) is 3.39. The molecule has 0 unspecified atom stereocenters. The lowest BCUT2D eigenvalue weighted by Gasteiger charge is -2.08. The number of benzene rings is 2. The van der Waals surface area contributed by atoms with Gasteiger partial charge in [-0.1, -0.05) is 48.5 Å². The highest BCUT2D eigenvalue weighted by molar-refractivity contribution is 5.36. The quantitative estimate of drug-likeness (QED) is 0.786. The van der Waals surface area contributed by atoms with Crippen molar-refractivity contribution in [1.82, 2.24) is 9.78 Å². The van der Waals surface area contributed by atoms with E-state index >= 15 is 0 Å². The summed E-state index contributed by atoms with van der Waals surface area (Å²) in [6.45, 7) is 0.483. The Kier molecular flexibility index (Phi) is 3.61. The number of nitrogens with zero attached hydrogens (tertiary/aromatic N) is 2. The first-order valence-electron chi connectivity index (χ1n) is 6.73. The van der Waals surface area contributed by atoms with Crippen molar-refractivity contribution < 1.29 is 0 Å². The molecule has 100 valence electrons. The fourth-order valence-electron chi connectivity index (χ4n) is 2.38. The Morgan fingerprint density at radius 3 is 2.20 bits per heavy atom. The standard InChI is InChI=1S/C17H17N3/c18-12-17-15(11-14-7-3-1-4-8-14)13-19-20(17)16-9-5-2-6-10-16/h1-10,13H,11-12,18H2. The molecule has 3 aromatic rings. The molecule has 3 heteroatoms. The van der Waals surface area contributed by atoms with Gasteiger partial charge in [-0.05, 0) is 23.3 Å².